The van der Waals surface area contributed by atoms with Crippen molar-refractivity contribution in [2.24, 2.45) is 5.41 Å². The Morgan fingerprint density at radius 2 is 2.31 bits per heavy atom. The Balaban J connectivity index is 1.81. The predicted molar refractivity (Wildman–Crippen MR) is 58.4 cm³/mol. The number of hydrogen-bond acceptors (Lipinski definition) is 2. The van der Waals surface area contributed by atoms with Gasteiger partial charge in [-0.3, -0.25) is 0 Å². The number of halogens is 1. The van der Waals surface area contributed by atoms with E-state index in [-0.39, 0.29) is 0 Å². The van der Waals surface area contributed by atoms with Gasteiger partial charge in [-0.2, -0.15) is 0 Å². The molecule has 1 atom stereocenters. The third kappa shape index (κ3) is 2.25. The van der Waals surface area contributed by atoms with Gasteiger partial charge < -0.3 is 5.32 Å². The average molecular weight is 216 g/mol. The third-order valence-electron chi connectivity index (χ3n) is 2.66. The molecule has 0 spiro atoms. The number of nitrogens with one attached hydrogen (secondary N) is 1. The summed E-state index contributed by atoms with van der Waals surface area (Å²) in [4.78, 5) is 1.33. The van der Waals surface area contributed by atoms with Crippen LogP contribution in [0.3, 0.4) is 0 Å². The molecule has 1 aromatic heterocycles. The largest absolute Gasteiger partial charge is 0.309 e. The molecule has 1 aromatic rings. The topological polar surface area (TPSA) is 12.0 Å². The van der Waals surface area contributed by atoms with Gasteiger partial charge in [0.2, 0.25) is 0 Å². The highest BCUT2D eigenvalue weighted by atomic mass is 35.5. The molecule has 1 N–H and O–H groups in total. The zero-order valence-electron chi connectivity index (χ0n) is 7.93. The van der Waals surface area contributed by atoms with E-state index >= 15 is 0 Å². The molecule has 0 amide bonds. The van der Waals surface area contributed by atoms with Gasteiger partial charge in [-0.05, 0) is 24.0 Å². The third-order valence-corrected chi connectivity index (χ3v) is 3.90. The van der Waals surface area contributed by atoms with Crippen molar-refractivity contribution in [3.8, 4) is 0 Å². The van der Waals surface area contributed by atoms with Crippen LogP contribution in [0.4, 0.5) is 0 Å². The highest BCUT2D eigenvalue weighted by Gasteiger charge is 2.44. The number of rotatable bonds is 3. The van der Waals surface area contributed by atoms with Gasteiger partial charge in [0, 0.05) is 17.5 Å². The minimum Gasteiger partial charge on any atom is -0.309 e. The zero-order chi connectivity index (χ0) is 9.47. The lowest BCUT2D eigenvalue weighted by atomic mass is 10.2. The van der Waals surface area contributed by atoms with E-state index in [4.69, 9.17) is 11.6 Å². The molecular weight excluding hydrogens is 202 g/mol. The van der Waals surface area contributed by atoms with Crippen LogP contribution in [0.1, 0.15) is 25.1 Å². The minimum atomic E-state index is 0.515. The Kier molecular flexibility index (Phi) is 2.39. The predicted octanol–water partition coefficient (Wildman–Crippen LogP) is 3.29. The van der Waals surface area contributed by atoms with Crippen molar-refractivity contribution in [2.45, 2.75) is 32.9 Å². The summed E-state index contributed by atoms with van der Waals surface area (Å²) in [5, 5.41) is 3.53. The van der Waals surface area contributed by atoms with Crippen molar-refractivity contribution in [3.63, 3.8) is 0 Å². The second kappa shape index (κ2) is 3.26. The van der Waals surface area contributed by atoms with Crippen molar-refractivity contribution in [1.82, 2.24) is 5.32 Å². The zero-order valence-corrected chi connectivity index (χ0v) is 9.50. The van der Waals surface area contributed by atoms with E-state index in [1.807, 2.05) is 6.07 Å². The number of hydrogen-bond donors (Lipinski definition) is 1. The molecule has 3 heteroatoms. The average Bonchev–Trinajstić information content (AvgIpc) is 2.45. The Hall–Kier alpha value is -0.0500. The fourth-order valence-corrected chi connectivity index (χ4v) is 2.52. The summed E-state index contributed by atoms with van der Waals surface area (Å²) < 4.78 is 0.881. The van der Waals surface area contributed by atoms with E-state index in [1.165, 1.54) is 11.3 Å². The quantitative estimate of drug-likeness (QED) is 0.816. The standard InChI is InChI=1S/C10H14ClNS/c1-10(2)5-8(10)12-6-7-3-4-9(11)13-7/h3-4,8,12H,5-6H2,1-2H3/t8-/m0/s1. The van der Waals surface area contributed by atoms with Crippen LogP contribution in [-0.2, 0) is 6.54 Å². The van der Waals surface area contributed by atoms with Crippen LogP contribution in [0.5, 0.6) is 0 Å². The second-order valence-electron chi connectivity index (χ2n) is 4.33. The molecule has 1 saturated carbocycles. The summed E-state index contributed by atoms with van der Waals surface area (Å²) in [6.07, 6.45) is 1.30. The van der Waals surface area contributed by atoms with Gasteiger partial charge in [0.1, 0.15) is 0 Å². The molecule has 0 saturated heterocycles. The van der Waals surface area contributed by atoms with Crippen molar-refractivity contribution in [2.75, 3.05) is 0 Å². The van der Waals surface area contributed by atoms with Crippen molar-refractivity contribution >= 4 is 22.9 Å². The molecule has 1 aliphatic carbocycles. The monoisotopic (exact) mass is 215 g/mol. The first-order valence-electron chi connectivity index (χ1n) is 4.55. The first kappa shape index (κ1) is 9.50. The van der Waals surface area contributed by atoms with E-state index in [9.17, 15) is 0 Å². The van der Waals surface area contributed by atoms with E-state index in [0.717, 1.165) is 10.9 Å². The van der Waals surface area contributed by atoms with Gasteiger partial charge in [-0.15, -0.1) is 11.3 Å². The Morgan fingerprint density at radius 1 is 1.62 bits per heavy atom. The lowest BCUT2D eigenvalue weighted by molar-refractivity contribution is 0.544. The van der Waals surface area contributed by atoms with E-state index in [2.05, 4.69) is 25.2 Å². The minimum absolute atomic E-state index is 0.515. The van der Waals surface area contributed by atoms with E-state index in [0.29, 0.717) is 11.5 Å². The summed E-state index contributed by atoms with van der Waals surface area (Å²) in [5.41, 5.74) is 0.515. The van der Waals surface area contributed by atoms with Crippen LogP contribution < -0.4 is 5.32 Å². The molecule has 0 unspecified atom stereocenters. The molecule has 72 valence electrons. The maximum absolute atomic E-state index is 5.84. The maximum atomic E-state index is 5.84. The summed E-state index contributed by atoms with van der Waals surface area (Å²) >= 11 is 7.50. The molecule has 0 aromatic carbocycles. The molecule has 0 radical (unpaired) electrons. The number of thiophene rings is 1. The molecular formula is C10H14ClNS. The van der Waals surface area contributed by atoms with E-state index in [1.54, 1.807) is 11.3 Å². The maximum Gasteiger partial charge on any atom is 0.0931 e. The highest BCUT2D eigenvalue weighted by molar-refractivity contribution is 7.16. The molecule has 2 rings (SSSR count). The summed E-state index contributed by atoms with van der Waals surface area (Å²) in [6.45, 7) is 5.56. The van der Waals surface area contributed by atoms with Gasteiger partial charge in [0.25, 0.3) is 0 Å². The molecule has 1 fully saturated rings. The fraction of sp³-hybridized carbons (Fsp3) is 0.600. The van der Waals surface area contributed by atoms with Gasteiger partial charge in [0.05, 0.1) is 4.34 Å². The Labute approximate surface area is 88.1 Å². The Bertz CT molecular complexity index is 306. The Morgan fingerprint density at radius 3 is 2.77 bits per heavy atom. The van der Waals surface area contributed by atoms with Crippen LogP contribution in [0, 0.1) is 5.41 Å². The van der Waals surface area contributed by atoms with Crippen LogP contribution in [0.25, 0.3) is 0 Å². The van der Waals surface area contributed by atoms with Crippen molar-refractivity contribution in [1.29, 1.82) is 0 Å². The van der Waals surface area contributed by atoms with Crippen LogP contribution in [-0.4, -0.2) is 6.04 Å². The molecule has 1 nitrogen and oxygen atoms in total. The van der Waals surface area contributed by atoms with Crippen LogP contribution in [0.15, 0.2) is 12.1 Å². The first-order valence-corrected chi connectivity index (χ1v) is 5.75. The summed E-state index contributed by atoms with van der Waals surface area (Å²) in [5.74, 6) is 0. The smallest absolute Gasteiger partial charge is 0.0931 e. The second-order valence-corrected chi connectivity index (χ2v) is 6.13. The van der Waals surface area contributed by atoms with Crippen LogP contribution in [0.2, 0.25) is 4.34 Å². The van der Waals surface area contributed by atoms with Gasteiger partial charge in [-0.25, -0.2) is 0 Å². The van der Waals surface area contributed by atoms with Crippen molar-refractivity contribution < 1.29 is 0 Å². The molecule has 0 aliphatic heterocycles. The SMILES string of the molecule is CC1(C)C[C@@H]1NCc1ccc(Cl)s1. The van der Waals surface area contributed by atoms with E-state index < -0.39 is 0 Å². The highest BCUT2D eigenvalue weighted by Crippen LogP contribution is 2.44. The van der Waals surface area contributed by atoms with Gasteiger partial charge in [0.15, 0.2) is 0 Å². The molecule has 0 bridgehead atoms. The van der Waals surface area contributed by atoms with Crippen LogP contribution >= 0.6 is 22.9 Å². The van der Waals surface area contributed by atoms with Gasteiger partial charge in [-0.1, -0.05) is 25.4 Å². The lowest BCUT2D eigenvalue weighted by Crippen LogP contribution is -2.19. The normalized spacial score (nSPS) is 24.7. The fourth-order valence-electron chi connectivity index (χ4n) is 1.49. The molecule has 1 aliphatic rings. The molecule has 1 heterocycles. The summed E-state index contributed by atoms with van der Waals surface area (Å²) in [6, 6.07) is 4.75. The van der Waals surface area contributed by atoms with Gasteiger partial charge >= 0.3 is 0 Å². The summed E-state index contributed by atoms with van der Waals surface area (Å²) in [7, 11) is 0. The molecule has 13 heavy (non-hydrogen) atoms. The van der Waals surface area contributed by atoms with Crippen molar-refractivity contribution in [3.05, 3.63) is 21.3 Å². The lowest BCUT2D eigenvalue weighted by Gasteiger charge is -2.04. The first-order chi connectivity index (χ1) is 6.08.